The second kappa shape index (κ2) is 13.5. The first-order valence-corrected chi connectivity index (χ1v) is 5.15. The lowest BCUT2D eigenvalue weighted by molar-refractivity contribution is -0.153. The molecule has 0 saturated heterocycles. The zero-order valence-corrected chi connectivity index (χ0v) is 10.2. The molecule has 0 aromatic rings. The van der Waals surface area contributed by atoms with Gasteiger partial charge in [-0.05, 0) is 20.8 Å². The second-order valence-electron chi connectivity index (χ2n) is 2.41. The fraction of sp³-hybridized carbons (Fsp3) is 0.636. The molecule has 0 radical (unpaired) electrons. The van der Waals surface area contributed by atoms with Crippen LogP contribution in [0.3, 0.4) is 0 Å². The van der Waals surface area contributed by atoms with E-state index in [1.54, 1.807) is 13.8 Å². The van der Waals surface area contributed by atoms with Gasteiger partial charge < -0.3 is 14.2 Å². The summed E-state index contributed by atoms with van der Waals surface area (Å²) in [6, 6.07) is 0. The maximum absolute atomic E-state index is 10.6. The first-order valence-electron chi connectivity index (χ1n) is 5.15. The fourth-order valence-electron chi connectivity index (χ4n) is 0.660. The lowest BCUT2D eigenvalue weighted by Crippen LogP contribution is -2.13. The van der Waals surface area contributed by atoms with Crippen LogP contribution in [-0.4, -0.2) is 31.8 Å². The van der Waals surface area contributed by atoms with Gasteiger partial charge in [-0.25, -0.2) is 0 Å². The van der Waals surface area contributed by atoms with E-state index in [0.29, 0.717) is 0 Å². The summed E-state index contributed by atoms with van der Waals surface area (Å²) in [7, 11) is 0. The third-order valence-corrected chi connectivity index (χ3v) is 1.18. The average Bonchev–Trinajstić information content (AvgIpc) is 2.20. The molecular weight excluding hydrogens is 212 g/mol. The predicted molar refractivity (Wildman–Crippen MR) is 59.7 cm³/mol. The molecule has 0 aromatic heterocycles. The van der Waals surface area contributed by atoms with E-state index in [4.69, 9.17) is 0 Å². The topological polar surface area (TPSA) is 61.8 Å². The number of ether oxygens (including phenoxy) is 3. The van der Waals surface area contributed by atoms with Gasteiger partial charge in [-0.2, -0.15) is 0 Å². The fourth-order valence-corrected chi connectivity index (χ4v) is 0.660. The molecule has 0 heterocycles. The van der Waals surface area contributed by atoms with E-state index in [0.717, 1.165) is 6.61 Å². The Bertz CT molecular complexity index is 185. The number of hydrogen-bond acceptors (Lipinski definition) is 5. The molecule has 0 fully saturated rings. The second-order valence-corrected chi connectivity index (χ2v) is 2.41. The van der Waals surface area contributed by atoms with Crippen LogP contribution in [0.5, 0.6) is 0 Å². The monoisotopic (exact) mass is 232 g/mol. The Balaban J connectivity index is 0. The zero-order valence-electron chi connectivity index (χ0n) is 10.2. The maximum atomic E-state index is 10.6. The van der Waals surface area contributed by atoms with Crippen molar-refractivity contribution in [2.24, 2.45) is 0 Å². The van der Waals surface area contributed by atoms with Crippen molar-refractivity contribution < 1.29 is 23.8 Å². The molecule has 0 N–H and O–H groups in total. The molecule has 0 bridgehead atoms. The first kappa shape index (κ1) is 16.9. The van der Waals surface area contributed by atoms with Crippen molar-refractivity contribution in [3.05, 3.63) is 12.8 Å². The molecule has 0 aromatic carbocycles. The van der Waals surface area contributed by atoms with Crippen molar-refractivity contribution >= 4 is 11.9 Å². The number of carbonyl (C=O) groups is 2. The van der Waals surface area contributed by atoms with Gasteiger partial charge >= 0.3 is 11.9 Å². The molecular formula is C11H20O5. The van der Waals surface area contributed by atoms with Gasteiger partial charge in [0.1, 0.15) is 6.42 Å². The van der Waals surface area contributed by atoms with E-state index in [2.05, 4.69) is 20.8 Å². The highest BCUT2D eigenvalue weighted by molar-refractivity contribution is 5.91. The summed E-state index contributed by atoms with van der Waals surface area (Å²) in [5.74, 6) is -1.07. The van der Waals surface area contributed by atoms with Gasteiger partial charge in [-0.1, -0.05) is 6.58 Å². The van der Waals surface area contributed by atoms with Crippen LogP contribution in [0.15, 0.2) is 12.8 Å². The van der Waals surface area contributed by atoms with Crippen molar-refractivity contribution in [2.75, 3.05) is 19.8 Å². The summed E-state index contributed by atoms with van der Waals surface area (Å²) < 4.78 is 13.6. The minimum atomic E-state index is -0.536. The average molecular weight is 232 g/mol. The summed E-state index contributed by atoms with van der Waals surface area (Å²) in [5.41, 5.74) is 0. The molecule has 0 unspecified atom stereocenters. The molecule has 0 aliphatic carbocycles. The highest BCUT2D eigenvalue weighted by Gasteiger charge is 2.09. The SMILES string of the molecule is C=COCC.CCOC(=O)CC(=O)OCC. The lowest BCUT2D eigenvalue weighted by Gasteiger charge is -2.00. The van der Waals surface area contributed by atoms with Gasteiger partial charge in [0.25, 0.3) is 0 Å². The molecule has 0 saturated carbocycles. The van der Waals surface area contributed by atoms with Gasteiger partial charge in [0.05, 0.1) is 26.1 Å². The van der Waals surface area contributed by atoms with Crippen LogP contribution < -0.4 is 0 Å². The van der Waals surface area contributed by atoms with Crippen molar-refractivity contribution in [3.63, 3.8) is 0 Å². The molecule has 0 aliphatic heterocycles. The molecule has 0 amide bonds. The Morgan fingerprint density at radius 3 is 1.62 bits per heavy atom. The minimum absolute atomic E-state index is 0.290. The van der Waals surface area contributed by atoms with Crippen LogP contribution in [-0.2, 0) is 23.8 Å². The molecule has 5 heteroatoms. The van der Waals surface area contributed by atoms with Crippen molar-refractivity contribution in [1.29, 1.82) is 0 Å². The normalized spacial score (nSPS) is 8.19. The van der Waals surface area contributed by atoms with Crippen LogP contribution in [0.4, 0.5) is 0 Å². The summed E-state index contributed by atoms with van der Waals surface area (Å²) >= 11 is 0. The summed E-state index contributed by atoms with van der Waals surface area (Å²) in [6.45, 7) is 9.92. The Kier molecular flexibility index (Phi) is 14.2. The third-order valence-electron chi connectivity index (χ3n) is 1.18. The number of hydrogen-bond donors (Lipinski definition) is 0. The molecule has 5 nitrogen and oxygen atoms in total. The zero-order chi connectivity index (χ0) is 12.8. The molecule has 94 valence electrons. The largest absolute Gasteiger partial charge is 0.502 e. The predicted octanol–water partition coefficient (Wildman–Crippen LogP) is 1.67. The Hall–Kier alpha value is -1.52. The van der Waals surface area contributed by atoms with Crippen LogP contribution in [0.25, 0.3) is 0 Å². The molecule has 16 heavy (non-hydrogen) atoms. The van der Waals surface area contributed by atoms with Gasteiger partial charge in [0.15, 0.2) is 0 Å². The van der Waals surface area contributed by atoms with Crippen LogP contribution in [0.1, 0.15) is 27.2 Å². The van der Waals surface area contributed by atoms with Gasteiger partial charge in [-0.3, -0.25) is 9.59 Å². The van der Waals surface area contributed by atoms with Gasteiger partial charge in [0.2, 0.25) is 0 Å². The summed E-state index contributed by atoms with van der Waals surface area (Å²) in [5, 5.41) is 0. The first-order chi connectivity index (χ1) is 7.62. The Labute approximate surface area is 96.4 Å². The Morgan fingerprint density at radius 1 is 1.00 bits per heavy atom. The maximum Gasteiger partial charge on any atom is 0.317 e. The van der Waals surface area contributed by atoms with E-state index < -0.39 is 11.9 Å². The molecule has 0 aliphatic rings. The lowest BCUT2D eigenvalue weighted by atomic mass is 10.4. The van der Waals surface area contributed by atoms with Gasteiger partial charge in [0, 0.05) is 0 Å². The number of rotatable bonds is 6. The smallest absolute Gasteiger partial charge is 0.317 e. The van der Waals surface area contributed by atoms with Crippen molar-refractivity contribution in [1.82, 2.24) is 0 Å². The Morgan fingerprint density at radius 2 is 1.44 bits per heavy atom. The van der Waals surface area contributed by atoms with E-state index in [-0.39, 0.29) is 19.6 Å². The standard InChI is InChI=1S/C7H12O4.C4H8O/c1-3-10-6(8)5-7(9)11-4-2;1-3-5-4-2/h3-5H2,1-2H3;3H,1,4H2,2H3. The quantitative estimate of drug-likeness (QED) is 0.396. The van der Waals surface area contributed by atoms with Crippen LogP contribution in [0, 0.1) is 0 Å². The third kappa shape index (κ3) is 15.0. The van der Waals surface area contributed by atoms with Crippen LogP contribution in [0.2, 0.25) is 0 Å². The summed E-state index contributed by atoms with van der Waals surface area (Å²) in [6.07, 6.45) is 1.14. The number of esters is 2. The van der Waals surface area contributed by atoms with Crippen LogP contribution >= 0.6 is 0 Å². The van der Waals surface area contributed by atoms with E-state index >= 15 is 0 Å². The van der Waals surface area contributed by atoms with E-state index in [9.17, 15) is 9.59 Å². The molecule has 0 atom stereocenters. The molecule has 0 rings (SSSR count). The minimum Gasteiger partial charge on any atom is -0.502 e. The summed E-state index contributed by atoms with van der Waals surface area (Å²) in [4.78, 5) is 21.2. The van der Waals surface area contributed by atoms with Crippen molar-refractivity contribution in [3.8, 4) is 0 Å². The highest BCUT2D eigenvalue weighted by Crippen LogP contribution is 1.89. The van der Waals surface area contributed by atoms with E-state index in [1.165, 1.54) is 6.26 Å². The highest BCUT2D eigenvalue weighted by atomic mass is 16.5. The van der Waals surface area contributed by atoms with Gasteiger partial charge in [-0.15, -0.1) is 0 Å². The number of carbonyl (C=O) groups excluding carboxylic acids is 2. The van der Waals surface area contributed by atoms with E-state index in [1.807, 2.05) is 6.92 Å². The van der Waals surface area contributed by atoms with Crippen molar-refractivity contribution in [2.45, 2.75) is 27.2 Å². The molecule has 0 spiro atoms.